The number of benzene rings is 2. The maximum absolute atomic E-state index is 13.8. The van der Waals surface area contributed by atoms with Crippen LogP contribution in [0, 0.1) is 19.7 Å². The lowest BCUT2D eigenvalue weighted by Crippen LogP contribution is -1.98. The summed E-state index contributed by atoms with van der Waals surface area (Å²) in [4.78, 5) is 0. The van der Waals surface area contributed by atoms with Gasteiger partial charge >= 0.3 is 0 Å². The van der Waals surface area contributed by atoms with E-state index in [0.29, 0.717) is 0 Å². The fourth-order valence-corrected chi connectivity index (χ4v) is 3.60. The zero-order valence-electron chi connectivity index (χ0n) is 15.4. The van der Waals surface area contributed by atoms with Gasteiger partial charge in [-0.25, -0.2) is 4.39 Å². The Morgan fingerprint density at radius 3 is 2.60 bits per heavy atom. The molecule has 2 aromatic carbocycles. The highest BCUT2D eigenvalue weighted by Crippen LogP contribution is 2.41. The zero-order chi connectivity index (χ0) is 18.0. The fraction of sp³-hybridized carbons (Fsp3) is 0.304. The van der Waals surface area contributed by atoms with Crippen molar-refractivity contribution in [2.45, 2.75) is 46.5 Å². The van der Waals surface area contributed by atoms with Crippen LogP contribution in [0.5, 0.6) is 0 Å². The predicted octanol–water partition coefficient (Wildman–Crippen LogP) is 6.87. The Kier molecular flexibility index (Phi) is 5.08. The second-order valence-corrected chi connectivity index (χ2v) is 6.94. The molecular formula is C23H26FN. The van der Waals surface area contributed by atoms with Gasteiger partial charge in [-0.3, -0.25) is 0 Å². The molecule has 0 saturated carbocycles. The molecule has 0 aromatic heterocycles. The number of nitrogens with one attached hydrogen (secondary N) is 1. The minimum Gasteiger partial charge on any atom is -0.359 e. The summed E-state index contributed by atoms with van der Waals surface area (Å²) in [6, 6.07) is 11.7. The van der Waals surface area contributed by atoms with Crippen LogP contribution >= 0.6 is 0 Å². The molecule has 3 rings (SSSR count). The molecule has 130 valence electrons. The second kappa shape index (κ2) is 7.26. The van der Waals surface area contributed by atoms with E-state index < -0.39 is 0 Å². The molecule has 0 amide bonds. The maximum Gasteiger partial charge on any atom is 0.123 e. The molecule has 25 heavy (non-hydrogen) atoms. The Morgan fingerprint density at radius 2 is 1.84 bits per heavy atom. The Bertz CT molecular complexity index is 845. The first-order valence-electron chi connectivity index (χ1n) is 9.03. The van der Waals surface area contributed by atoms with Crippen LogP contribution in [0.3, 0.4) is 0 Å². The zero-order valence-corrected chi connectivity index (χ0v) is 15.4. The number of hydrogen-bond donors (Lipinski definition) is 1. The molecule has 0 fully saturated rings. The first kappa shape index (κ1) is 17.5. The summed E-state index contributed by atoms with van der Waals surface area (Å²) in [6.07, 6.45) is 4.08. The van der Waals surface area contributed by atoms with Crippen LogP contribution in [0.4, 0.5) is 10.1 Å². The van der Waals surface area contributed by atoms with Crippen LogP contribution in [0.25, 0.3) is 11.1 Å². The Labute approximate surface area is 150 Å². The van der Waals surface area contributed by atoms with Gasteiger partial charge in [-0.15, -0.1) is 0 Å². The molecule has 1 nitrogen and oxygen atoms in total. The summed E-state index contributed by atoms with van der Waals surface area (Å²) in [5.41, 5.74) is 9.39. The number of rotatable bonds is 5. The minimum absolute atomic E-state index is 0.162. The van der Waals surface area contributed by atoms with Gasteiger partial charge in [0.25, 0.3) is 0 Å². The van der Waals surface area contributed by atoms with Gasteiger partial charge in [0.2, 0.25) is 0 Å². The van der Waals surface area contributed by atoms with E-state index in [2.05, 4.69) is 50.9 Å². The van der Waals surface area contributed by atoms with Crippen molar-refractivity contribution < 1.29 is 4.39 Å². The number of hydrogen-bond acceptors (Lipinski definition) is 1. The monoisotopic (exact) mass is 335 g/mol. The van der Waals surface area contributed by atoms with Crippen LogP contribution < -0.4 is 5.32 Å². The van der Waals surface area contributed by atoms with E-state index in [1.54, 1.807) is 12.1 Å². The average Bonchev–Trinajstić information content (AvgIpc) is 3.06. The molecule has 0 spiro atoms. The lowest BCUT2D eigenvalue weighted by molar-refractivity contribution is 0.627. The SMILES string of the molecule is C=C(CC)Nc1cc(C)cc(C2=C(c3cc(F)ccc3C)CCC2)c1. The summed E-state index contributed by atoms with van der Waals surface area (Å²) in [6.45, 7) is 10.3. The van der Waals surface area contributed by atoms with E-state index in [-0.39, 0.29) is 5.82 Å². The summed E-state index contributed by atoms with van der Waals surface area (Å²) in [5.74, 6) is -0.162. The van der Waals surface area contributed by atoms with Crippen molar-refractivity contribution >= 4 is 16.8 Å². The van der Waals surface area contributed by atoms with Crippen molar-refractivity contribution in [1.29, 1.82) is 0 Å². The van der Waals surface area contributed by atoms with E-state index in [4.69, 9.17) is 0 Å². The maximum atomic E-state index is 13.8. The van der Waals surface area contributed by atoms with Crippen LogP contribution in [-0.4, -0.2) is 0 Å². The number of halogens is 1. The van der Waals surface area contributed by atoms with Gasteiger partial charge in [0.15, 0.2) is 0 Å². The summed E-state index contributed by atoms with van der Waals surface area (Å²) in [7, 11) is 0. The van der Waals surface area contributed by atoms with Gasteiger partial charge in [-0.1, -0.05) is 25.6 Å². The highest BCUT2D eigenvalue weighted by molar-refractivity contribution is 5.94. The van der Waals surface area contributed by atoms with Crippen molar-refractivity contribution in [3.05, 3.63) is 76.7 Å². The molecule has 0 heterocycles. The van der Waals surface area contributed by atoms with Crippen LogP contribution in [-0.2, 0) is 0 Å². The predicted molar refractivity (Wildman–Crippen MR) is 106 cm³/mol. The van der Waals surface area contributed by atoms with E-state index in [1.165, 1.54) is 22.3 Å². The molecule has 0 saturated heterocycles. The van der Waals surface area contributed by atoms with Crippen molar-refractivity contribution in [2.24, 2.45) is 0 Å². The molecule has 1 aliphatic rings. The van der Waals surface area contributed by atoms with Gasteiger partial charge in [0.1, 0.15) is 5.82 Å². The molecule has 1 aliphatic carbocycles. The Morgan fingerprint density at radius 1 is 1.08 bits per heavy atom. The highest BCUT2D eigenvalue weighted by atomic mass is 19.1. The van der Waals surface area contributed by atoms with Gasteiger partial charge < -0.3 is 5.32 Å². The standard InChI is InChI=1S/C23H26FN/c1-5-17(4)25-20-12-15(2)11-18(13-20)21-7-6-8-22(21)23-14-19(24)10-9-16(23)3/h9-14,25H,4-8H2,1-3H3. The van der Waals surface area contributed by atoms with Crippen LogP contribution in [0.1, 0.15) is 54.9 Å². The molecule has 0 unspecified atom stereocenters. The molecule has 0 atom stereocenters. The molecular weight excluding hydrogens is 309 g/mol. The van der Waals surface area contributed by atoms with E-state index in [0.717, 1.165) is 48.2 Å². The van der Waals surface area contributed by atoms with Gasteiger partial charge in [-0.05, 0) is 97.2 Å². The summed E-state index contributed by atoms with van der Waals surface area (Å²) in [5, 5.41) is 3.39. The second-order valence-electron chi connectivity index (χ2n) is 6.94. The van der Waals surface area contributed by atoms with Crippen molar-refractivity contribution in [3.8, 4) is 0 Å². The van der Waals surface area contributed by atoms with E-state index in [1.807, 2.05) is 6.07 Å². The molecule has 2 heteroatoms. The van der Waals surface area contributed by atoms with Crippen molar-refractivity contribution in [2.75, 3.05) is 5.32 Å². The highest BCUT2D eigenvalue weighted by Gasteiger charge is 2.20. The molecule has 1 N–H and O–H groups in total. The van der Waals surface area contributed by atoms with Gasteiger partial charge in [0.05, 0.1) is 0 Å². The van der Waals surface area contributed by atoms with E-state index in [9.17, 15) is 4.39 Å². The van der Waals surface area contributed by atoms with Crippen LogP contribution in [0.15, 0.2) is 48.7 Å². The van der Waals surface area contributed by atoms with Crippen LogP contribution in [0.2, 0.25) is 0 Å². The minimum atomic E-state index is -0.162. The van der Waals surface area contributed by atoms with E-state index >= 15 is 0 Å². The third-order valence-electron chi connectivity index (χ3n) is 4.92. The summed E-state index contributed by atoms with van der Waals surface area (Å²) < 4.78 is 13.8. The number of allylic oxidation sites excluding steroid dienone is 3. The lowest BCUT2D eigenvalue weighted by Gasteiger charge is -2.15. The first-order valence-corrected chi connectivity index (χ1v) is 9.03. The average molecular weight is 335 g/mol. The Hall–Kier alpha value is -2.35. The van der Waals surface area contributed by atoms with Gasteiger partial charge in [-0.2, -0.15) is 0 Å². The molecule has 0 radical (unpaired) electrons. The largest absolute Gasteiger partial charge is 0.359 e. The summed E-state index contributed by atoms with van der Waals surface area (Å²) >= 11 is 0. The fourth-order valence-electron chi connectivity index (χ4n) is 3.60. The third kappa shape index (κ3) is 3.84. The molecule has 2 aromatic rings. The smallest absolute Gasteiger partial charge is 0.123 e. The quantitative estimate of drug-likeness (QED) is 0.628. The lowest BCUT2D eigenvalue weighted by atomic mass is 9.93. The molecule has 0 bridgehead atoms. The van der Waals surface area contributed by atoms with Crippen molar-refractivity contribution in [3.63, 3.8) is 0 Å². The topological polar surface area (TPSA) is 12.0 Å². The third-order valence-corrected chi connectivity index (χ3v) is 4.92. The number of anilines is 1. The van der Waals surface area contributed by atoms with Gasteiger partial charge in [0, 0.05) is 11.4 Å². The first-order chi connectivity index (χ1) is 12.0. The van der Waals surface area contributed by atoms with Crippen molar-refractivity contribution in [1.82, 2.24) is 0 Å². The number of aryl methyl sites for hydroxylation is 2. The molecule has 0 aliphatic heterocycles. The Balaban J connectivity index is 2.07. The normalized spacial score (nSPS) is 14.1.